The van der Waals surface area contributed by atoms with Crippen molar-refractivity contribution in [1.82, 2.24) is 0 Å². The molecule has 0 aliphatic heterocycles. The van der Waals surface area contributed by atoms with Crippen molar-refractivity contribution >= 4 is 0 Å². The Labute approximate surface area is 90.6 Å². The van der Waals surface area contributed by atoms with E-state index >= 15 is 0 Å². The predicted octanol–water partition coefficient (Wildman–Crippen LogP) is -1.46. The number of rotatable bonds is 1. The summed E-state index contributed by atoms with van der Waals surface area (Å²) in [4.78, 5) is 0. The molecule has 0 unspecified atom stereocenters. The molecular formula is C11H14BrN. The molecule has 70 valence electrons. The van der Waals surface area contributed by atoms with Crippen LogP contribution in [0.25, 0.3) is 0 Å². The van der Waals surface area contributed by atoms with Crippen molar-refractivity contribution < 1.29 is 21.5 Å². The van der Waals surface area contributed by atoms with Gasteiger partial charge in [-0.2, -0.15) is 4.57 Å². The average Bonchev–Trinajstić information content (AvgIpc) is 1.96. The Kier molecular flexibility index (Phi) is 4.72. The molecule has 0 fully saturated rings. The van der Waals surface area contributed by atoms with E-state index in [9.17, 15) is 0 Å². The van der Waals surface area contributed by atoms with Crippen molar-refractivity contribution in [3.8, 4) is 12.3 Å². The van der Waals surface area contributed by atoms with Crippen LogP contribution < -0.4 is 21.5 Å². The third-order valence-electron chi connectivity index (χ3n) is 1.97. The van der Waals surface area contributed by atoms with Gasteiger partial charge < -0.3 is 17.0 Å². The minimum atomic E-state index is 0. The summed E-state index contributed by atoms with van der Waals surface area (Å²) < 4.78 is 2.13. The van der Waals surface area contributed by atoms with E-state index < -0.39 is 0 Å². The number of pyridine rings is 1. The summed E-state index contributed by atoms with van der Waals surface area (Å²) in [6.45, 7) is 6.92. The molecule has 0 radical (unpaired) electrons. The molecule has 1 rings (SSSR count). The highest BCUT2D eigenvalue weighted by Crippen LogP contribution is 2.00. The van der Waals surface area contributed by atoms with Crippen LogP contribution in [-0.4, -0.2) is 0 Å². The lowest BCUT2D eigenvalue weighted by Crippen LogP contribution is -3.00. The second-order valence-electron chi connectivity index (χ2n) is 3.11. The SMILES string of the molecule is C#CC[n+]1c(C)cc(C)cc1C.[Br-]. The second kappa shape index (κ2) is 5.04. The first-order valence-electron chi connectivity index (χ1n) is 4.06. The van der Waals surface area contributed by atoms with Crippen LogP contribution in [0, 0.1) is 33.1 Å². The molecule has 0 atom stereocenters. The molecule has 0 amide bonds. The molecule has 0 aliphatic carbocycles. The molecule has 1 nitrogen and oxygen atoms in total. The zero-order chi connectivity index (χ0) is 9.14. The minimum Gasteiger partial charge on any atom is -1.00 e. The zero-order valence-electron chi connectivity index (χ0n) is 8.26. The molecule has 13 heavy (non-hydrogen) atoms. The predicted molar refractivity (Wildman–Crippen MR) is 49.7 cm³/mol. The van der Waals surface area contributed by atoms with Gasteiger partial charge in [0.05, 0.1) is 0 Å². The van der Waals surface area contributed by atoms with E-state index in [0.29, 0.717) is 6.54 Å². The maximum Gasteiger partial charge on any atom is 0.209 e. The maximum absolute atomic E-state index is 5.27. The fourth-order valence-corrected chi connectivity index (χ4v) is 1.48. The standard InChI is InChI=1S/C11H14N.BrH/c1-5-6-12-10(3)7-9(2)8-11(12)4;/h1,7-8H,6H2,2-4H3;1H/q+1;/p-1. The first kappa shape index (κ1) is 12.2. The quantitative estimate of drug-likeness (QED) is 0.417. The second-order valence-corrected chi connectivity index (χ2v) is 3.11. The zero-order valence-corrected chi connectivity index (χ0v) is 9.85. The molecule has 0 aliphatic rings. The van der Waals surface area contributed by atoms with Gasteiger partial charge in [0.15, 0.2) is 11.4 Å². The number of terminal acetylenes is 1. The van der Waals surface area contributed by atoms with Gasteiger partial charge in [-0.1, -0.05) is 0 Å². The van der Waals surface area contributed by atoms with Gasteiger partial charge in [0, 0.05) is 26.0 Å². The fourth-order valence-electron chi connectivity index (χ4n) is 1.48. The third kappa shape index (κ3) is 2.86. The van der Waals surface area contributed by atoms with Crippen molar-refractivity contribution in [1.29, 1.82) is 0 Å². The number of hydrogen-bond donors (Lipinski definition) is 0. The highest BCUT2D eigenvalue weighted by atomic mass is 79.9. The van der Waals surface area contributed by atoms with Crippen LogP contribution in [0.5, 0.6) is 0 Å². The molecule has 1 heterocycles. The maximum atomic E-state index is 5.27. The first-order chi connectivity index (χ1) is 5.65. The Morgan fingerprint density at radius 3 is 2.08 bits per heavy atom. The Morgan fingerprint density at radius 1 is 1.23 bits per heavy atom. The van der Waals surface area contributed by atoms with E-state index in [0.717, 1.165) is 0 Å². The largest absolute Gasteiger partial charge is 1.00 e. The highest BCUT2D eigenvalue weighted by molar-refractivity contribution is 5.13. The van der Waals surface area contributed by atoms with Crippen LogP contribution in [0.1, 0.15) is 17.0 Å². The Bertz CT molecular complexity index is 313. The lowest BCUT2D eigenvalue weighted by Gasteiger charge is -2.01. The van der Waals surface area contributed by atoms with Gasteiger partial charge in [-0.3, -0.25) is 0 Å². The molecule has 0 bridgehead atoms. The Morgan fingerprint density at radius 2 is 1.69 bits per heavy atom. The van der Waals surface area contributed by atoms with Crippen molar-refractivity contribution in [2.45, 2.75) is 27.3 Å². The van der Waals surface area contributed by atoms with Crippen LogP contribution in [0.4, 0.5) is 0 Å². The molecule has 0 N–H and O–H groups in total. The lowest BCUT2D eigenvalue weighted by molar-refractivity contribution is -0.696. The van der Waals surface area contributed by atoms with Crippen LogP contribution in [-0.2, 0) is 6.54 Å². The van der Waals surface area contributed by atoms with Crippen LogP contribution in [0.3, 0.4) is 0 Å². The van der Waals surface area contributed by atoms with Gasteiger partial charge >= 0.3 is 0 Å². The summed E-state index contributed by atoms with van der Waals surface area (Å²) in [6, 6.07) is 4.29. The molecule has 2 heteroatoms. The molecule has 0 saturated carbocycles. The van der Waals surface area contributed by atoms with Crippen LogP contribution in [0.15, 0.2) is 12.1 Å². The summed E-state index contributed by atoms with van der Waals surface area (Å²) in [5.74, 6) is 2.65. The normalized spacial score (nSPS) is 8.77. The first-order valence-corrected chi connectivity index (χ1v) is 4.06. The molecular weight excluding hydrogens is 226 g/mol. The number of aromatic nitrogens is 1. The van der Waals surface area contributed by atoms with Gasteiger partial charge in [0.1, 0.15) is 0 Å². The van der Waals surface area contributed by atoms with Crippen molar-refractivity contribution in [2.75, 3.05) is 0 Å². The molecule has 1 aromatic heterocycles. The van der Waals surface area contributed by atoms with E-state index in [1.807, 2.05) is 0 Å². The summed E-state index contributed by atoms with van der Waals surface area (Å²) in [5.41, 5.74) is 3.74. The van der Waals surface area contributed by atoms with E-state index in [4.69, 9.17) is 6.42 Å². The Balaban J connectivity index is 0.00000144. The molecule has 0 spiro atoms. The highest BCUT2D eigenvalue weighted by Gasteiger charge is 2.08. The number of nitrogens with zero attached hydrogens (tertiary/aromatic N) is 1. The molecule has 1 aromatic rings. The Hall–Kier alpha value is -0.810. The van der Waals surface area contributed by atoms with Gasteiger partial charge in [0.25, 0.3) is 0 Å². The van der Waals surface area contributed by atoms with E-state index in [1.165, 1.54) is 17.0 Å². The fraction of sp³-hybridized carbons (Fsp3) is 0.364. The lowest BCUT2D eigenvalue weighted by atomic mass is 10.2. The van der Waals surface area contributed by atoms with Crippen LogP contribution in [0.2, 0.25) is 0 Å². The number of hydrogen-bond acceptors (Lipinski definition) is 0. The van der Waals surface area contributed by atoms with E-state index in [-0.39, 0.29) is 17.0 Å². The third-order valence-corrected chi connectivity index (χ3v) is 1.97. The molecule has 0 saturated heterocycles. The van der Waals surface area contributed by atoms with Crippen molar-refractivity contribution in [3.05, 3.63) is 29.1 Å². The van der Waals surface area contributed by atoms with Crippen molar-refractivity contribution in [3.63, 3.8) is 0 Å². The summed E-state index contributed by atoms with van der Waals surface area (Å²) in [7, 11) is 0. The van der Waals surface area contributed by atoms with Crippen LogP contribution >= 0.6 is 0 Å². The van der Waals surface area contributed by atoms with E-state index in [1.54, 1.807) is 0 Å². The monoisotopic (exact) mass is 239 g/mol. The van der Waals surface area contributed by atoms with Gasteiger partial charge in [-0.15, -0.1) is 6.42 Å². The minimum absolute atomic E-state index is 0. The van der Waals surface area contributed by atoms with E-state index in [2.05, 4.69) is 43.4 Å². The van der Waals surface area contributed by atoms with Gasteiger partial charge in [-0.05, 0) is 18.4 Å². The average molecular weight is 240 g/mol. The number of aryl methyl sites for hydroxylation is 3. The summed E-state index contributed by atoms with van der Waals surface area (Å²) in [6.07, 6.45) is 5.27. The smallest absolute Gasteiger partial charge is 0.209 e. The molecule has 0 aromatic carbocycles. The summed E-state index contributed by atoms with van der Waals surface area (Å²) in [5, 5.41) is 0. The summed E-state index contributed by atoms with van der Waals surface area (Å²) >= 11 is 0. The topological polar surface area (TPSA) is 3.88 Å². The number of halogens is 1. The van der Waals surface area contributed by atoms with Crippen molar-refractivity contribution in [2.24, 2.45) is 0 Å². The van der Waals surface area contributed by atoms with Gasteiger partial charge in [-0.25, -0.2) is 0 Å². The van der Waals surface area contributed by atoms with Gasteiger partial charge in [0.2, 0.25) is 6.54 Å².